The van der Waals surface area contributed by atoms with Gasteiger partial charge in [-0.3, -0.25) is 13.9 Å². The predicted molar refractivity (Wildman–Crippen MR) is 181 cm³/mol. The molecule has 0 aromatic heterocycles. The van der Waals surface area contributed by atoms with Crippen LogP contribution in [-0.2, 0) is 38.0 Å². The van der Waals surface area contributed by atoms with E-state index in [1.807, 2.05) is 66.7 Å². The number of rotatable bonds is 11. The van der Waals surface area contributed by atoms with Gasteiger partial charge in [-0.1, -0.05) is 70.5 Å². The molecule has 0 spiro atoms. The number of halogens is 1. The maximum Gasteiger partial charge on any atom is 0.244 e. The highest BCUT2D eigenvalue weighted by Gasteiger charge is 2.51. The second kappa shape index (κ2) is 12.9. The number of sulfonamides is 1. The molecule has 2 amide bonds. The summed E-state index contributed by atoms with van der Waals surface area (Å²) in [6.07, 6.45) is 9.17. The van der Waals surface area contributed by atoms with Crippen molar-refractivity contribution in [3.63, 3.8) is 0 Å². The molecule has 4 bridgehead atoms. The highest BCUT2D eigenvalue weighted by Crippen LogP contribution is 2.60. The van der Waals surface area contributed by atoms with Crippen LogP contribution in [0.5, 0.6) is 0 Å². The van der Waals surface area contributed by atoms with E-state index in [1.165, 1.54) is 53.3 Å². The van der Waals surface area contributed by atoms with E-state index < -0.39 is 28.5 Å². The molecule has 4 aliphatic carbocycles. The third kappa shape index (κ3) is 6.99. The number of nitrogens with zero attached hydrogens (tertiary/aromatic N) is 2. The lowest BCUT2D eigenvalue weighted by Gasteiger charge is -2.57. The molecule has 0 aliphatic heterocycles. The van der Waals surface area contributed by atoms with E-state index in [1.54, 1.807) is 7.05 Å². The van der Waals surface area contributed by atoms with E-state index in [2.05, 4.69) is 33.4 Å². The summed E-state index contributed by atoms with van der Waals surface area (Å²) in [4.78, 5) is 29.1. The molecule has 45 heavy (non-hydrogen) atoms. The van der Waals surface area contributed by atoms with Gasteiger partial charge in [0.25, 0.3) is 0 Å². The summed E-state index contributed by atoms with van der Waals surface area (Å²) < 4.78 is 28.5. The third-order valence-electron chi connectivity index (χ3n) is 10.2. The highest BCUT2D eigenvalue weighted by atomic mass is 79.9. The number of carbonyl (C=O) groups excluding carboxylic acids is 2. The summed E-state index contributed by atoms with van der Waals surface area (Å²) in [5.74, 6) is 1.66. The minimum atomic E-state index is -3.82. The first-order chi connectivity index (χ1) is 21.5. The van der Waals surface area contributed by atoms with Crippen LogP contribution in [0, 0.1) is 17.8 Å². The molecule has 3 aromatic rings. The molecule has 0 radical (unpaired) electrons. The normalized spacial score (nSPS) is 24.2. The number of hydrogen-bond donors (Lipinski definition) is 1. The number of benzene rings is 3. The minimum absolute atomic E-state index is 0.145. The molecule has 7 nitrogen and oxygen atoms in total. The number of hydrogen-bond acceptors (Lipinski definition) is 4. The Morgan fingerprint density at radius 1 is 0.889 bits per heavy atom. The van der Waals surface area contributed by atoms with Crippen molar-refractivity contribution in [2.45, 2.75) is 62.9 Å². The first-order valence-corrected chi connectivity index (χ1v) is 18.5. The second-order valence-corrected chi connectivity index (χ2v) is 16.3. The van der Waals surface area contributed by atoms with Gasteiger partial charge in [-0.2, -0.15) is 0 Å². The zero-order chi connectivity index (χ0) is 31.8. The van der Waals surface area contributed by atoms with Crippen molar-refractivity contribution in [2.24, 2.45) is 17.8 Å². The molecule has 0 saturated heterocycles. The molecule has 238 valence electrons. The van der Waals surface area contributed by atoms with Crippen LogP contribution in [0.4, 0.5) is 5.69 Å². The monoisotopic (exact) mass is 691 g/mol. The summed E-state index contributed by atoms with van der Waals surface area (Å²) in [7, 11) is -2.26. The Hall–Kier alpha value is -3.17. The molecule has 3 aromatic carbocycles. The topological polar surface area (TPSA) is 86.8 Å². The molecule has 1 atom stereocenters. The zero-order valence-electron chi connectivity index (χ0n) is 26.0. The van der Waals surface area contributed by atoms with Crippen LogP contribution in [0.2, 0.25) is 0 Å². The standard InChI is InChI=1S/C36H42BrN3O4S/c1-38-35(42)33(19-25-7-4-3-5-8-25)39(23-26-9-6-10-31(37)18-26)34(41)24-40(45(2,43)44)32-13-11-30(12-14-32)36-20-27-15-28(21-36)17-29(16-27)22-36/h3-14,18,27-29,33H,15-17,19-24H2,1-2H3,(H,38,42)/t27?,28?,29?,33-,36?/m0/s1. The van der Waals surface area contributed by atoms with Crippen molar-refractivity contribution in [2.75, 3.05) is 24.2 Å². The molecular weight excluding hydrogens is 650 g/mol. The first-order valence-electron chi connectivity index (χ1n) is 15.9. The fourth-order valence-corrected chi connectivity index (χ4v) is 9.91. The lowest BCUT2D eigenvalue weighted by Crippen LogP contribution is -2.52. The third-order valence-corrected chi connectivity index (χ3v) is 11.9. The van der Waals surface area contributed by atoms with Crippen LogP contribution in [0.1, 0.15) is 55.2 Å². The van der Waals surface area contributed by atoms with Gasteiger partial charge in [0.05, 0.1) is 11.9 Å². The molecule has 7 rings (SSSR count). The van der Waals surface area contributed by atoms with Gasteiger partial charge in [0.15, 0.2) is 0 Å². The van der Waals surface area contributed by atoms with Gasteiger partial charge in [-0.15, -0.1) is 0 Å². The molecular formula is C36H42BrN3O4S. The lowest BCUT2D eigenvalue weighted by molar-refractivity contribution is -0.139. The van der Waals surface area contributed by atoms with E-state index in [9.17, 15) is 18.0 Å². The van der Waals surface area contributed by atoms with Gasteiger partial charge in [0.2, 0.25) is 21.8 Å². The second-order valence-electron chi connectivity index (χ2n) is 13.5. The van der Waals surface area contributed by atoms with Crippen LogP contribution in [-0.4, -0.2) is 51.0 Å². The number of likely N-dealkylation sites (N-methyl/N-ethyl adjacent to an activating group) is 1. The highest BCUT2D eigenvalue weighted by molar-refractivity contribution is 9.10. The molecule has 0 unspecified atom stereocenters. The van der Waals surface area contributed by atoms with Crippen LogP contribution in [0.3, 0.4) is 0 Å². The summed E-state index contributed by atoms with van der Waals surface area (Å²) in [5.41, 5.74) is 3.67. The van der Waals surface area contributed by atoms with Crippen molar-refractivity contribution in [3.8, 4) is 0 Å². The lowest BCUT2D eigenvalue weighted by atomic mass is 9.48. The van der Waals surface area contributed by atoms with E-state index in [0.29, 0.717) is 12.1 Å². The van der Waals surface area contributed by atoms with Crippen LogP contribution < -0.4 is 9.62 Å². The Labute approximate surface area is 275 Å². The fraction of sp³-hybridized carbons (Fsp3) is 0.444. The molecule has 9 heteroatoms. The number of anilines is 1. The number of nitrogens with one attached hydrogen (secondary N) is 1. The first kappa shape index (κ1) is 31.8. The summed E-state index contributed by atoms with van der Waals surface area (Å²) >= 11 is 3.51. The van der Waals surface area contributed by atoms with Gasteiger partial charge in [0.1, 0.15) is 12.6 Å². The summed E-state index contributed by atoms with van der Waals surface area (Å²) in [6, 6.07) is 24.2. The molecule has 4 aliphatic rings. The van der Waals surface area contributed by atoms with E-state index >= 15 is 0 Å². The zero-order valence-corrected chi connectivity index (χ0v) is 28.4. The Morgan fingerprint density at radius 3 is 2.04 bits per heavy atom. The fourth-order valence-electron chi connectivity index (χ4n) is 8.61. The Kier molecular flexibility index (Phi) is 9.12. The quantitative estimate of drug-likeness (QED) is 0.265. The van der Waals surface area contributed by atoms with E-state index in [0.717, 1.165) is 39.6 Å². The van der Waals surface area contributed by atoms with E-state index in [4.69, 9.17) is 0 Å². The van der Waals surface area contributed by atoms with E-state index in [-0.39, 0.29) is 17.9 Å². The molecule has 1 N–H and O–H groups in total. The van der Waals surface area contributed by atoms with Crippen molar-refractivity contribution >= 4 is 43.5 Å². The van der Waals surface area contributed by atoms with Gasteiger partial charge in [-0.25, -0.2) is 8.42 Å². The largest absolute Gasteiger partial charge is 0.357 e. The summed E-state index contributed by atoms with van der Waals surface area (Å²) in [6.45, 7) is -0.266. The smallest absolute Gasteiger partial charge is 0.244 e. The molecule has 0 heterocycles. The average molecular weight is 693 g/mol. The number of carbonyl (C=O) groups is 2. The average Bonchev–Trinajstić information content (AvgIpc) is 3.00. The van der Waals surface area contributed by atoms with Gasteiger partial charge in [0, 0.05) is 24.5 Å². The Bertz CT molecular complexity index is 1610. The van der Waals surface area contributed by atoms with Crippen LogP contribution in [0.25, 0.3) is 0 Å². The van der Waals surface area contributed by atoms with Crippen molar-refractivity contribution in [1.82, 2.24) is 10.2 Å². The summed E-state index contributed by atoms with van der Waals surface area (Å²) in [5, 5.41) is 2.72. The maximum absolute atomic E-state index is 14.2. The maximum atomic E-state index is 14.2. The Morgan fingerprint density at radius 2 is 1.49 bits per heavy atom. The van der Waals surface area contributed by atoms with Gasteiger partial charge in [-0.05, 0) is 103 Å². The van der Waals surface area contributed by atoms with Crippen molar-refractivity contribution < 1.29 is 18.0 Å². The van der Waals surface area contributed by atoms with Gasteiger partial charge >= 0.3 is 0 Å². The predicted octanol–water partition coefficient (Wildman–Crippen LogP) is 6.07. The molecule has 4 saturated carbocycles. The van der Waals surface area contributed by atoms with Crippen molar-refractivity contribution in [3.05, 3.63) is 100 Å². The van der Waals surface area contributed by atoms with Crippen LogP contribution in [0.15, 0.2) is 83.3 Å². The Balaban J connectivity index is 1.29. The number of amides is 2. The van der Waals surface area contributed by atoms with Crippen LogP contribution >= 0.6 is 15.9 Å². The molecule has 4 fully saturated rings. The minimum Gasteiger partial charge on any atom is -0.357 e. The van der Waals surface area contributed by atoms with Gasteiger partial charge < -0.3 is 10.2 Å². The SMILES string of the molecule is CNC(=O)[C@H](Cc1ccccc1)N(Cc1cccc(Br)c1)C(=O)CN(c1ccc(C23CC4CC(CC(C4)C2)C3)cc1)S(C)(=O)=O. The van der Waals surface area contributed by atoms with Crippen molar-refractivity contribution in [1.29, 1.82) is 0 Å².